The van der Waals surface area contributed by atoms with Crippen molar-refractivity contribution in [1.82, 2.24) is 24.8 Å². The number of amides is 1. The molecule has 4 rings (SSSR count). The molecule has 29 heavy (non-hydrogen) atoms. The lowest BCUT2D eigenvalue weighted by Gasteiger charge is -2.34. The first-order valence-corrected chi connectivity index (χ1v) is 9.59. The van der Waals surface area contributed by atoms with Gasteiger partial charge in [0, 0.05) is 32.7 Å². The lowest BCUT2D eigenvalue weighted by molar-refractivity contribution is -0.134. The van der Waals surface area contributed by atoms with Gasteiger partial charge in [0.05, 0.1) is 12.5 Å². The molecule has 0 aliphatic carbocycles. The van der Waals surface area contributed by atoms with Crippen LogP contribution >= 0.6 is 0 Å². The van der Waals surface area contributed by atoms with E-state index in [1.165, 1.54) is 5.56 Å². The highest BCUT2D eigenvalue weighted by Gasteiger charge is 2.22. The van der Waals surface area contributed by atoms with Crippen molar-refractivity contribution in [2.24, 2.45) is 0 Å². The maximum atomic E-state index is 12.7. The van der Waals surface area contributed by atoms with Crippen LogP contribution in [0, 0.1) is 0 Å². The summed E-state index contributed by atoms with van der Waals surface area (Å²) < 4.78 is 6.34. The molecular weight excluding hydrogens is 370 g/mol. The summed E-state index contributed by atoms with van der Waals surface area (Å²) >= 11 is 0. The Hall–Kier alpha value is -3.26. The zero-order valence-electron chi connectivity index (χ0n) is 16.3. The van der Waals surface area contributed by atoms with E-state index in [0.717, 1.165) is 30.1 Å². The Bertz CT molecular complexity index is 1060. The second-order valence-electron chi connectivity index (χ2n) is 7.07. The molecule has 0 N–H and O–H groups in total. The predicted octanol–water partition coefficient (Wildman–Crippen LogP) is 1.14. The average molecular weight is 393 g/mol. The number of methoxy groups -OCH3 is 1. The maximum Gasteiger partial charge on any atom is 0.278 e. The van der Waals surface area contributed by atoms with E-state index in [2.05, 4.69) is 27.3 Å². The average Bonchev–Trinajstić information content (AvgIpc) is 2.77. The largest absolute Gasteiger partial charge is 0.497 e. The van der Waals surface area contributed by atoms with Gasteiger partial charge in [0.15, 0.2) is 0 Å². The Morgan fingerprint density at radius 1 is 1.03 bits per heavy atom. The summed E-state index contributed by atoms with van der Waals surface area (Å²) in [7, 11) is 1.66. The summed E-state index contributed by atoms with van der Waals surface area (Å²) in [6.45, 7) is 3.58. The van der Waals surface area contributed by atoms with E-state index >= 15 is 0 Å². The first kappa shape index (κ1) is 19.1. The molecule has 0 radical (unpaired) electrons. The third-order valence-electron chi connectivity index (χ3n) is 5.20. The van der Waals surface area contributed by atoms with Crippen LogP contribution in [0.25, 0.3) is 10.9 Å². The van der Waals surface area contributed by atoms with Gasteiger partial charge in [-0.1, -0.05) is 29.5 Å². The number of ether oxygens (including phenoxy) is 1. The zero-order valence-corrected chi connectivity index (χ0v) is 16.3. The summed E-state index contributed by atoms with van der Waals surface area (Å²) in [5.74, 6) is 0.733. The van der Waals surface area contributed by atoms with Gasteiger partial charge in [-0.05, 0) is 29.8 Å². The molecule has 1 aromatic heterocycles. The first-order valence-electron chi connectivity index (χ1n) is 9.59. The molecule has 0 spiro atoms. The zero-order chi connectivity index (χ0) is 20.2. The maximum absolute atomic E-state index is 12.7. The van der Waals surface area contributed by atoms with Crippen molar-refractivity contribution in [3.8, 4) is 5.75 Å². The predicted molar refractivity (Wildman–Crippen MR) is 109 cm³/mol. The van der Waals surface area contributed by atoms with Crippen LogP contribution in [-0.2, 0) is 17.9 Å². The lowest BCUT2D eigenvalue weighted by Crippen LogP contribution is -2.49. The Balaban J connectivity index is 1.34. The quantitative estimate of drug-likeness (QED) is 0.647. The Morgan fingerprint density at radius 2 is 1.76 bits per heavy atom. The number of hydrogen-bond donors (Lipinski definition) is 0. The molecule has 0 saturated carbocycles. The minimum Gasteiger partial charge on any atom is -0.497 e. The fourth-order valence-corrected chi connectivity index (χ4v) is 3.50. The summed E-state index contributed by atoms with van der Waals surface area (Å²) in [6.07, 6.45) is 0. The van der Waals surface area contributed by atoms with Crippen LogP contribution in [0.1, 0.15) is 5.56 Å². The van der Waals surface area contributed by atoms with Gasteiger partial charge < -0.3 is 9.64 Å². The van der Waals surface area contributed by atoms with Gasteiger partial charge in [0.1, 0.15) is 17.8 Å². The van der Waals surface area contributed by atoms with Crippen LogP contribution in [0.3, 0.4) is 0 Å². The Labute approximate surface area is 168 Å². The standard InChI is InChI=1S/C21H23N5O3/c1-29-17-8-6-16(7-9-17)14-24-10-12-25(13-11-24)20(27)15-26-21(28)18-4-2-3-5-19(18)22-23-26/h2-9H,10-15H2,1H3. The van der Waals surface area contributed by atoms with Gasteiger partial charge in [-0.3, -0.25) is 14.5 Å². The number of rotatable bonds is 5. The number of fused-ring (bicyclic) bond motifs is 1. The van der Waals surface area contributed by atoms with Crippen LogP contribution in [0.5, 0.6) is 5.75 Å². The number of piperazine rings is 1. The molecular formula is C21H23N5O3. The molecule has 1 amide bonds. The van der Waals surface area contributed by atoms with Gasteiger partial charge >= 0.3 is 0 Å². The van der Waals surface area contributed by atoms with E-state index in [9.17, 15) is 9.59 Å². The first-order chi connectivity index (χ1) is 14.1. The molecule has 1 fully saturated rings. The minimum atomic E-state index is -0.290. The van der Waals surface area contributed by atoms with Crippen LogP contribution in [0.2, 0.25) is 0 Å². The van der Waals surface area contributed by atoms with E-state index in [1.807, 2.05) is 12.1 Å². The van der Waals surface area contributed by atoms with Gasteiger partial charge in [-0.15, -0.1) is 5.10 Å². The minimum absolute atomic E-state index is 0.0881. The lowest BCUT2D eigenvalue weighted by atomic mass is 10.2. The van der Waals surface area contributed by atoms with E-state index in [-0.39, 0.29) is 18.0 Å². The molecule has 0 atom stereocenters. The van der Waals surface area contributed by atoms with Gasteiger partial charge in [0.25, 0.3) is 5.56 Å². The Kier molecular flexibility index (Phi) is 5.53. The molecule has 8 heteroatoms. The van der Waals surface area contributed by atoms with Crippen LogP contribution in [0.4, 0.5) is 0 Å². The molecule has 150 valence electrons. The molecule has 1 saturated heterocycles. The number of aromatic nitrogens is 3. The smallest absolute Gasteiger partial charge is 0.278 e. The Morgan fingerprint density at radius 3 is 2.48 bits per heavy atom. The third kappa shape index (κ3) is 4.27. The molecule has 0 unspecified atom stereocenters. The van der Waals surface area contributed by atoms with Crippen LogP contribution in [-0.4, -0.2) is 64.0 Å². The topological polar surface area (TPSA) is 80.6 Å². The SMILES string of the molecule is COc1ccc(CN2CCN(C(=O)Cn3nnc4ccccc4c3=O)CC2)cc1. The molecule has 0 bridgehead atoms. The highest BCUT2D eigenvalue weighted by molar-refractivity contribution is 5.78. The number of hydrogen-bond acceptors (Lipinski definition) is 6. The second-order valence-corrected chi connectivity index (χ2v) is 7.07. The van der Waals surface area contributed by atoms with Gasteiger partial charge in [-0.2, -0.15) is 0 Å². The fourth-order valence-electron chi connectivity index (χ4n) is 3.50. The van der Waals surface area contributed by atoms with Crippen LogP contribution in [0.15, 0.2) is 53.3 Å². The summed E-state index contributed by atoms with van der Waals surface area (Å²) in [4.78, 5) is 29.3. The van der Waals surface area contributed by atoms with E-state index < -0.39 is 0 Å². The third-order valence-corrected chi connectivity index (χ3v) is 5.20. The molecule has 8 nitrogen and oxygen atoms in total. The van der Waals surface area contributed by atoms with Crippen molar-refractivity contribution in [3.05, 3.63) is 64.4 Å². The van der Waals surface area contributed by atoms with Crippen molar-refractivity contribution < 1.29 is 9.53 Å². The van der Waals surface area contributed by atoms with Crippen molar-refractivity contribution in [2.45, 2.75) is 13.1 Å². The van der Waals surface area contributed by atoms with E-state index in [1.54, 1.807) is 36.3 Å². The number of benzene rings is 2. The highest BCUT2D eigenvalue weighted by Crippen LogP contribution is 2.14. The summed E-state index contributed by atoms with van der Waals surface area (Å²) in [6, 6.07) is 15.0. The molecule has 1 aliphatic rings. The van der Waals surface area contributed by atoms with Crippen molar-refractivity contribution in [2.75, 3.05) is 33.3 Å². The summed E-state index contributed by atoms with van der Waals surface area (Å²) in [5.41, 5.74) is 1.46. The fraction of sp³-hybridized carbons (Fsp3) is 0.333. The van der Waals surface area contributed by atoms with Gasteiger partial charge in [0.2, 0.25) is 5.91 Å². The van der Waals surface area contributed by atoms with Crippen molar-refractivity contribution in [1.29, 1.82) is 0 Å². The van der Waals surface area contributed by atoms with Crippen molar-refractivity contribution >= 4 is 16.8 Å². The molecule has 3 aromatic rings. The van der Waals surface area contributed by atoms with E-state index in [4.69, 9.17) is 4.74 Å². The number of carbonyl (C=O) groups excluding carboxylic acids is 1. The van der Waals surface area contributed by atoms with Gasteiger partial charge in [-0.25, -0.2) is 4.68 Å². The molecule has 1 aliphatic heterocycles. The van der Waals surface area contributed by atoms with Crippen LogP contribution < -0.4 is 10.3 Å². The normalized spacial score (nSPS) is 14.9. The van der Waals surface area contributed by atoms with E-state index in [0.29, 0.717) is 24.0 Å². The number of nitrogens with zero attached hydrogens (tertiary/aromatic N) is 5. The van der Waals surface area contributed by atoms with Crippen molar-refractivity contribution in [3.63, 3.8) is 0 Å². The molecule has 2 aromatic carbocycles. The molecule has 2 heterocycles. The number of carbonyl (C=O) groups is 1. The summed E-state index contributed by atoms with van der Waals surface area (Å²) in [5, 5.41) is 8.42. The monoisotopic (exact) mass is 393 g/mol. The second kappa shape index (κ2) is 8.40. The highest BCUT2D eigenvalue weighted by atomic mass is 16.5.